The number of rotatable bonds is 4. The molecule has 6 nitrogen and oxygen atoms in total. The summed E-state index contributed by atoms with van der Waals surface area (Å²) in [4.78, 5) is 16.2. The molecule has 2 heterocycles. The van der Waals surface area contributed by atoms with Crippen LogP contribution in [-0.2, 0) is 0 Å². The van der Waals surface area contributed by atoms with Crippen LogP contribution in [0.2, 0.25) is 0 Å². The van der Waals surface area contributed by atoms with Crippen molar-refractivity contribution in [1.29, 1.82) is 0 Å². The predicted octanol–water partition coefficient (Wildman–Crippen LogP) is 2.53. The van der Waals surface area contributed by atoms with Crippen molar-refractivity contribution < 1.29 is 9.53 Å². The number of amides is 1. The molecule has 110 valence electrons. The van der Waals surface area contributed by atoms with Crippen LogP contribution in [0.3, 0.4) is 0 Å². The summed E-state index contributed by atoms with van der Waals surface area (Å²) >= 11 is 0. The first-order valence-corrected chi connectivity index (χ1v) is 6.69. The van der Waals surface area contributed by atoms with Crippen molar-refractivity contribution in [3.8, 4) is 11.6 Å². The summed E-state index contributed by atoms with van der Waals surface area (Å²) in [5.74, 6) is 0.202. The molecule has 0 aliphatic rings. The zero-order chi connectivity index (χ0) is 15.4. The molecule has 0 unspecified atom stereocenters. The number of hydrogen-bond acceptors (Lipinski definition) is 4. The number of ether oxygens (including phenoxy) is 1. The molecule has 0 atom stereocenters. The fraction of sp³-hybridized carbons (Fsp3) is 0.0625. The third-order valence-corrected chi connectivity index (χ3v) is 3.05. The Labute approximate surface area is 127 Å². The molecule has 0 aliphatic carbocycles. The van der Waals surface area contributed by atoms with Gasteiger partial charge in [-0.15, -0.1) is 0 Å². The molecule has 6 heteroatoms. The zero-order valence-electron chi connectivity index (χ0n) is 11.9. The first-order chi connectivity index (χ1) is 10.8. The lowest BCUT2D eigenvalue weighted by Crippen LogP contribution is -2.13. The van der Waals surface area contributed by atoms with E-state index < -0.39 is 0 Å². The predicted molar refractivity (Wildman–Crippen MR) is 82.3 cm³/mol. The molecule has 3 aromatic rings. The minimum Gasteiger partial charge on any atom is -0.481 e. The zero-order valence-corrected chi connectivity index (χ0v) is 11.9. The average Bonchev–Trinajstić information content (AvgIpc) is 3.06. The van der Waals surface area contributed by atoms with Crippen LogP contribution in [0.5, 0.6) is 5.88 Å². The van der Waals surface area contributed by atoms with E-state index in [1.165, 1.54) is 13.3 Å². The number of carbonyl (C=O) groups is 1. The number of nitrogens with one attached hydrogen (secondary N) is 1. The van der Waals surface area contributed by atoms with Gasteiger partial charge in [-0.3, -0.25) is 4.79 Å². The maximum atomic E-state index is 12.2. The number of anilines is 1. The number of methoxy groups -OCH3 is 1. The Morgan fingerprint density at radius 1 is 1.14 bits per heavy atom. The molecular weight excluding hydrogens is 280 g/mol. The number of para-hydroxylation sites is 1. The molecule has 2 aromatic heterocycles. The first kappa shape index (κ1) is 13.8. The molecule has 22 heavy (non-hydrogen) atoms. The lowest BCUT2D eigenvalue weighted by molar-refractivity contribution is 0.102. The standard InChI is InChI=1S/C16H14N4O2/c1-22-15-8-7-12(11-17-15)18-16(21)14-9-10-20(19-14)13-5-3-2-4-6-13/h2-11H,1H3,(H,18,21). The second-order valence-electron chi connectivity index (χ2n) is 4.52. The van der Waals surface area contributed by atoms with Gasteiger partial charge in [0.25, 0.3) is 5.91 Å². The topological polar surface area (TPSA) is 69.0 Å². The van der Waals surface area contributed by atoms with Crippen molar-refractivity contribution in [2.24, 2.45) is 0 Å². The van der Waals surface area contributed by atoms with E-state index in [0.717, 1.165) is 5.69 Å². The number of pyridine rings is 1. The van der Waals surface area contributed by atoms with E-state index >= 15 is 0 Å². The highest BCUT2D eigenvalue weighted by Gasteiger charge is 2.10. The van der Waals surface area contributed by atoms with Gasteiger partial charge in [0.1, 0.15) is 0 Å². The normalized spacial score (nSPS) is 10.2. The van der Waals surface area contributed by atoms with Gasteiger partial charge in [-0.05, 0) is 24.3 Å². The van der Waals surface area contributed by atoms with Crippen molar-refractivity contribution in [3.05, 3.63) is 66.6 Å². The fourth-order valence-corrected chi connectivity index (χ4v) is 1.94. The molecule has 0 aliphatic heterocycles. The van der Waals surface area contributed by atoms with E-state index in [9.17, 15) is 4.79 Å². The third-order valence-electron chi connectivity index (χ3n) is 3.05. The Bertz CT molecular complexity index is 766. The van der Waals surface area contributed by atoms with Crippen LogP contribution in [0.25, 0.3) is 5.69 Å². The summed E-state index contributed by atoms with van der Waals surface area (Å²) < 4.78 is 6.63. The molecule has 0 fully saturated rings. The van der Waals surface area contributed by atoms with E-state index in [1.807, 2.05) is 30.3 Å². The van der Waals surface area contributed by atoms with Crippen molar-refractivity contribution in [3.63, 3.8) is 0 Å². The minimum absolute atomic E-state index is 0.290. The Kier molecular flexibility index (Phi) is 3.82. The summed E-state index contributed by atoms with van der Waals surface area (Å²) in [5, 5.41) is 7.01. The Hall–Kier alpha value is -3.15. The number of aromatic nitrogens is 3. The van der Waals surface area contributed by atoms with Gasteiger partial charge in [-0.2, -0.15) is 5.10 Å². The van der Waals surface area contributed by atoms with Gasteiger partial charge in [0.2, 0.25) is 5.88 Å². The molecule has 0 radical (unpaired) electrons. The summed E-state index contributed by atoms with van der Waals surface area (Å²) in [6.07, 6.45) is 3.28. The van der Waals surface area contributed by atoms with Crippen molar-refractivity contribution in [1.82, 2.24) is 14.8 Å². The summed E-state index contributed by atoms with van der Waals surface area (Å²) in [7, 11) is 1.54. The maximum Gasteiger partial charge on any atom is 0.276 e. The molecule has 1 N–H and O–H groups in total. The van der Waals surface area contributed by atoms with Gasteiger partial charge in [0.05, 0.1) is 24.7 Å². The van der Waals surface area contributed by atoms with Gasteiger partial charge in [-0.25, -0.2) is 9.67 Å². The summed E-state index contributed by atoms with van der Waals surface area (Å²) in [6, 6.07) is 14.7. The van der Waals surface area contributed by atoms with Crippen molar-refractivity contribution in [2.75, 3.05) is 12.4 Å². The number of carbonyl (C=O) groups excluding carboxylic acids is 1. The van der Waals surface area contributed by atoms with E-state index in [1.54, 1.807) is 29.1 Å². The molecule has 0 saturated heterocycles. The summed E-state index contributed by atoms with van der Waals surface area (Å²) in [6.45, 7) is 0. The second-order valence-corrected chi connectivity index (χ2v) is 4.52. The highest BCUT2D eigenvalue weighted by atomic mass is 16.5. The fourth-order valence-electron chi connectivity index (χ4n) is 1.94. The third kappa shape index (κ3) is 2.95. The quantitative estimate of drug-likeness (QED) is 0.802. The van der Waals surface area contributed by atoms with Crippen molar-refractivity contribution in [2.45, 2.75) is 0 Å². The van der Waals surface area contributed by atoms with Crippen LogP contribution in [0.1, 0.15) is 10.5 Å². The smallest absolute Gasteiger partial charge is 0.276 e. The molecule has 0 saturated carbocycles. The Balaban J connectivity index is 1.74. The molecule has 1 aromatic carbocycles. The number of nitrogens with zero attached hydrogens (tertiary/aromatic N) is 3. The molecule has 1 amide bonds. The largest absolute Gasteiger partial charge is 0.481 e. The lowest BCUT2D eigenvalue weighted by Gasteiger charge is -2.04. The van der Waals surface area contributed by atoms with Crippen LogP contribution < -0.4 is 10.1 Å². The van der Waals surface area contributed by atoms with E-state index in [4.69, 9.17) is 4.74 Å². The Morgan fingerprint density at radius 3 is 2.64 bits per heavy atom. The SMILES string of the molecule is COc1ccc(NC(=O)c2ccn(-c3ccccc3)n2)cn1. The molecular formula is C16H14N4O2. The lowest BCUT2D eigenvalue weighted by atomic mass is 10.3. The minimum atomic E-state index is -0.290. The highest BCUT2D eigenvalue weighted by Crippen LogP contribution is 2.13. The second kappa shape index (κ2) is 6.09. The van der Waals surface area contributed by atoms with Crippen LogP contribution in [-0.4, -0.2) is 27.8 Å². The highest BCUT2D eigenvalue weighted by molar-refractivity contribution is 6.02. The Morgan fingerprint density at radius 2 is 1.95 bits per heavy atom. The van der Waals surface area contributed by atoms with E-state index in [2.05, 4.69) is 15.4 Å². The van der Waals surface area contributed by atoms with Crippen LogP contribution in [0.15, 0.2) is 60.9 Å². The molecule has 0 spiro atoms. The first-order valence-electron chi connectivity index (χ1n) is 6.69. The van der Waals surface area contributed by atoms with Gasteiger partial charge >= 0.3 is 0 Å². The van der Waals surface area contributed by atoms with Gasteiger partial charge < -0.3 is 10.1 Å². The van der Waals surface area contributed by atoms with Crippen LogP contribution in [0, 0.1) is 0 Å². The average molecular weight is 294 g/mol. The van der Waals surface area contributed by atoms with E-state index in [-0.39, 0.29) is 5.91 Å². The summed E-state index contributed by atoms with van der Waals surface area (Å²) in [5.41, 5.74) is 1.81. The molecule has 0 bridgehead atoms. The van der Waals surface area contributed by atoms with Crippen LogP contribution in [0.4, 0.5) is 5.69 Å². The van der Waals surface area contributed by atoms with Gasteiger partial charge in [0, 0.05) is 12.3 Å². The number of hydrogen-bond donors (Lipinski definition) is 1. The molecule has 3 rings (SSSR count). The number of benzene rings is 1. The van der Waals surface area contributed by atoms with Gasteiger partial charge in [-0.1, -0.05) is 18.2 Å². The van der Waals surface area contributed by atoms with E-state index in [0.29, 0.717) is 17.3 Å². The maximum absolute atomic E-state index is 12.2. The van der Waals surface area contributed by atoms with Gasteiger partial charge in [0.15, 0.2) is 5.69 Å². The van der Waals surface area contributed by atoms with Crippen LogP contribution >= 0.6 is 0 Å². The van der Waals surface area contributed by atoms with Crippen molar-refractivity contribution >= 4 is 11.6 Å². The monoisotopic (exact) mass is 294 g/mol.